The van der Waals surface area contributed by atoms with E-state index in [4.69, 9.17) is 11.6 Å². The van der Waals surface area contributed by atoms with Gasteiger partial charge >= 0.3 is 5.97 Å². The zero-order valence-electron chi connectivity index (χ0n) is 17.6. The topological polar surface area (TPSA) is 126 Å². The van der Waals surface area contributed by atoms with Gasteiger partial charge in [0.25, 0.3) is 0 Å². The first-order valence-electron chi connectivity index (χ1n) is 10.4. The van der Waals surface area contributed by atoms with E-state index in [1.54, 1.807) is 29.2 Å². The summed E-state index contributed by atoms with van der Waals surface area (Å²) in [5.74, 6) is 2.17. The first-order valence-corrected chi connectivity index (χ1v) is 11.2. The molecule has 33 heavy (non-hydrogen) atoms. The van der Waals surface area contributed by atoms with Crippen molar-refractivity contribution in [3.8, 4) is 0 Å². The van der Waals surface area contributed by atoms with Gasteiger partial charge in [-0.2, -0.15) is 0 Å². The zero-order chi connectivity index (χ0) is 23.6. The monoisotopic (exact) mass is 473 g/mol. The molecule has 0 spiro atoms. The maximum absolute atomic E-state index is 16.2. The van der Waals surface area contributed by atoms with Crippen molar-refractivity contribution >= 4 is 54.6 Å². The van der Waals surface area contributed by atoms with E-state index in [9.17, 15) is 14.7 Å². The molecule has 0 aliphatic carbocycles. The maximum atomic E-state index is 16.2. The van der Waals surface area contributed by atoms with E-state index in [-0.39, 0.29) is 28.0 Å². The van der Waals surface area contributed by atoms with Crippen LogP contribution in [0.1, 0.15) is 23.7 Å². The average Bonchev–Trinajstić information content (AvgIpc) is 3.39. The van der Waals surface area contributed by atoms with E-state index in [1.807, 2.05) is 6.92 Å². The van der Waals surface area contributed by atoms with Crippen LogP contribution in [-0.4, -0.2) is 34.6 Å². The highest BCUT2D eigenvalue weighted by Gasteiger charge is 2.34. The summed E-state index contributed by atoms with van der Waals surface area (Å²) in [6.07, 6.45) is 0.661. The normalized spacial score (nSPS) is 17.4. The molecule has 0 amide bonds. The number of hydrogen-bond donors (Lipinski definition) is 4. The number of fused-ring (bicyclic) bond motifs is 5. The molecular formula is C22H21F2N5O3S. The Balaban J connectivity index is 1.98. The number of para-hydroxylation sites is 1. The van der Waals surface area contributed by atoms with Crippen LogP contribution in [0.2, 0.25) is 0 Å². The summed E-state index contributed by atoms with van der Waals surface area (Å²) in [7, 11) is 0. The molecule has 2 atom stereocenters. The second-order valence-electron chi connectivity index (χ2n) is 8.29. The first kappa shape index (κ1) is 21.6. The quantitative estimate of drug-likeness (QED) is 0.265. The summed E-state index contributed by atoms with van der Waals surface area (Å²) in [4.78, 5) is 26.9. The fourth-order valence-corrected chi connectivity index (χ4v) is 5.89. The minimum atomic E-state index is -1.49. The fourth-order valence-electron chi connectivity index (χ4n) is 4.71. The Morgan fingerprint density at radius 2 is 2.03 bits per heavy atom. The van der Waals surface area contributed by atoms with Gasteiger partial charge < -0.3 is 21.2 Å². The highest BCUT2D eigenvalue weighted by atomic mass is 32.1. The van der Waals surface area contributed by atoms with Crippen molar-refractivity contribution in [2.45, 2.75) is 19.4 Å². The third-order valence-electron chi connectivity index (χ3n) is 6.38. The number of anilines is 2. The molecule has 1 saturated heterocycles. The summed E-state index contributed by atoms with van der Waals surface area (Å²) in [6.45, 7) is 2.57. The van der Waals surface area contributed by atoms with Crippen molar-refractivity contribution in [3.63, 3.8) is 0 Å². The lowest BCUT2D eigenvalue weighted by Gasteiger charge is -2.24. The molecule has 1 aliphatic heterocycles. The van der Waals surface area contributed by atoms with Crippen molar-refractivity contribution in [1.29, 1.82) is 0 Å². The lowest BCUT2D eigenvalue weighted by atomic mass is 10.0. The van der Waals surface area contributed by atoms with Crippen LogP contribution in [-0.2, 0) is 0 Å². The van der Waals surface area contributed by atoms with Crippen molar-refractivity contribution in [1.82, 2.24) is 4.40 Å². The average molecular weight is 474 g/mol. The van der Waals surface area contributed by atoms with Crippen molar-refractivity contribution < 1.29 is 18.7 Å². The third kappa shape index (κ3) is 3.00. The molecule has 11 heteroatoms. The number of hydrogen-bond acceptors (Lipinski definition) is 7. The maximum Gasteiger partial charge on any atom is 0.342 e. The van der Waals surface area contributed by atoms with Crippen LogP contribution in [0.25, 0.3) is 25.9 Å². The van der Waals surface area contributed by atoms with Crippen molar-refractivity contribution in [2.75, 3.05) is 23.4 Å². The Kier molecular flexibility index (Phi) is 5.00. The summed E-state index contributed by atoms with van der Waals surface area (Å²) in [5, 5.41) is 9.35. The van der Waals surface area contributed by atoms with Crippen LogP contribution < -0.4 is 27.3 Å². The number of nitrogens with zero attached hydrogens (tertiary/aromatic N) is 2. The highest BCUT2D eigenvalue weighted by molar-refractivity contribution is 7.24. The number of carboxylic acid groups (broad SMARTS) is 1. The third-order valence-corrected chi connectivity index (χ3v) is 7.53. The number of aromatic carboxylic acids is 1. The van der Waals surface area contributed by atoms with Crippen LogP contribution in [0.4, 0.5) is 20.2 Å². The number of halogens is 2. The zero-order valence-corrected chi connectivity index (χ0v) is 18.4. The van der Waals surface area contributed by atoms with Gasteiger partial charge in [-0.1, -0.05) is 12.1 Å². The number of thiazole rings is 1. The van der Waals surface area contributed by atoms with Gasteiger partial charge in [0.15, 0.2) is 11.6 Å². The van der Waals surface area contributed by atoms with Gasteiger partial charge in [0, 0.05) is 19.1 Å². The van der Waals surface area contributed by atoms with Gasteiger partial charge in [0.1, 0.15) is 21.8 Å². The molecule has 2 aromatic heterocycles. The van der Waals surface area contributed by atoms with E-state index < -0.39 is 39.7 Å². The van der Waals surface area contributed by atoms with Gasteiger partial charge in [-0.25, -0.2) is 13.6 Å². The molecule has 0 radical (unpaired) electrons. The number of pyridine rings is 1. The van der Waals surface area contributed by atoms with Gasteiger partial charge in [0.2, 0.25) is 5.43 Å². The Labute approximate surface area is 190 Å². The number of nitrogen functional groups attached to an aromatic ring is 1. The lowest BCUT2D eigenvalue weighted by molar-refractivity contribution is 0.0697. The SMILES string of the molecule is CC(N)C1CCN(c2c(F)c(NN)c3c(=O)c(C(=O)O)c4sc5ccccc5n4c3c2F)C1. The predicted molar refractivity (Wildman–Crippen MR) is 125 cm³/mol. The number of carbonyl (C=O) groups is 1. The molecule has 0 bridgehead atoms. The first-order chi connectivity index (χ1) is 15.8. The van der Waals surface area contributed by atoms with E-state index in [1.165, 1.54) is 4.40 Å². The number of aromatic nitrogens is 1. The number of hydrazine groups is 1. The molecule has 5 rings (SSSR count). The molecular weight excluding hydrogens is 452 g/mol. The van der Waals surface area contributed by atoms with Crippen LogP contribution in [0.15, 0.2) is 29.1 Å². The minimum Gasteiger partial charge on any atom is -0.477 e. The Morgan fingerprint density at radius 3 is 2.67 bits per heavy atom. The van der Waals surface area contributed by atoms with Gasteiger partial charge in [-0.05, 0) is 31.4 Å². The lowest BCUT2D eigenvalue weighted by Crippen LogP contribution is -2.31. The summed E-state index contributed by atoms with van der Waals surface area (Å²) in [6, 6.07) is 6.76. The second kappa shape index (κ2) is 7.65. The van der Waals surface area contributed by atoms with E-state index in [2.05, 4.69) is 5.43 Å². The number of rotatable bonds is 4. The molecule has 2 unspecified atom stereocenters. The van der Waals surface area contributed by atoms with Crippen LogP contribution in [0.3, 0.4) is 0 Å². The molecule has 3 heterocycles. The predicted octanol–water partition coefficient (Wildman–Crippen LogP) is 3.10. The Hall–Kier alpha value is -3.28. The standard InChI is InChI=1S/C22H21F2N5O3S/c1-9(25)10-6-7-28(8-10)19-15(23)17(27-26)13-18(16(19)24)29-11-4-2-3-5-12(11)33-21(29)14(20(13)30)22(31)32/h2-5,9-10,27H,6-8,25-26H2,1H3,(H,31,32). The van der Waals surface area contributed by atoms with Crippen molar-refractivity contribution in [3.05, 3.63) is 51.7 Å². The number of nitrogens with two attached hydrogens (primary N) is 2. The van der Waals surface area contributed by atoms with Crippen molar-refractivity contribution in [2.24, 2.45) is 17.5 Å². The number of carboxylic acids is 1. The number of benzene rings is 2. The molecule has 4 aromatic rings. The van der Waals surface area contributed by atoms with Crippen LogP contribution in [0.5, 0.6) is 0 Å². The second-order valence-corrected chi connectivity index (χ2v) is 9.32. The summed E-state index contributed by atoms with van der Waals surface area (Å²) >= 11 is 1.05. The molecule has 2 aromatic carbocycles. The number of nitrogens with one attached hydrogen (secondary N) is 1. The molecule has 8 nitrogen and oxygen atoms in total. The van der Waals surface area contributed by atoms with Gasteiger partial charge in [0.05, 0.1) is 21.1 Å². The van der Waals surface area contributed by atoms with E-state index in [0.29, 0.717) is 29.7 Å². The highest BCUT2D eigenvalue weighted by Crippen LogP contribution is 2.41. The fraction of sp³-hybridized carbons (Fsp3) is 0.273. The van der Waals surface area contributed by atoms with E-state index in [0.717, 1.165) is 11.3 Å². The van der Waals surface area contributed by atoms with Crippen LogP contribution in [0, 0.1) is 17.6 Å². The minimum absolute atomic E-state index is 0.0490. The molecule has 172 valence electrons. The van der Waals surface area contributed by atoms with Gasteiger partial charge in [-0.3, -0.25) is 15.0 Å². The van der Waals surface area contributed by atoms with Gasteiger partial charge in [-0.15, -0.1) is 11.3 Å². The van der Waals surface area contributed by atoms with E-state index >= 15 is 8.78 Å². The Morgan fingerprint density at radius 1 is 1.30 bits per heavy atom. The molecule has 6 N–H and O–H groups in total. The molecule has 1 aliphatic rings. The largest absolute Gasteiger partial charge is 0.477 e. The van der Waals surface area contributed by atoms with Crippen LogP contribution >= 0.6 is 11.3 Å². The summed E-state index contributed by atoms with van der Waals surface area (Å²) < 4.78 is 33.9. The molecule has 1 fully saturated rings. The Bertz CT molecular complexity index is 1510. The smallest absolute Gasteiger partial charge is 0.342 e. The molecule has 0 saturated carbocycles. The summed E-state index contributed by atoms with van der Waals surface area (Å²) in [5.41, 5.74) is 6.14.